The molecule has 0 aromatic carbocycles. The van der Waals surface area contributed by atoms with Gasteiger partial charge in [0.25, 0.3) is 9.84 Å². The molecular formula is C7H7F2NO4S2. The lowest BCUT2D eigenvalue weighted by Gasteiger charge is -2.13. The van der Waals surface area contributed by atoms with Crippen LogP contribution in [0.4, 0.5) is 8.78 Å². The summed E-state index contributed by atoms with van der Waals surface area (Å²) < 4.78 is 65.5. The Morgan fingerprint density at radius 1 is 1.19 bits per heavy atom. The molecule has 0 unspecified atom stereocenters. The number of sulfone groups is 2. The average Bonchev–Trinajstić information content (AvgIpc) is 2.17. The third-order valence-corrected chi connectivity index (χ3v) is 5.51. The van der Waals surface area contributed by atoms with Crippen LogP contribution in [0.3, 0.4) is 0 Å². The minimum atomic E-state index is -5.33. The van der Waals surface area contributed by atoms with Crippen LogP contribution >= 0.6 is 0 Å². The number of nitrogens with zero attached hydrogens (tertiary/aromatic N) is 1. The Labute approximate surface area is 91.0 Å². The molecule has 0 bridgehead atoms. The summed E-state index contributed by atoms with van der Waals surface area (Å²) in [6.07, 6.45) is 1.12. The van der Waals surface area contributed by atoms with E-state index in [9.17, 15) is 25.6 Å². The van der Waals surface area contributed by atoms with E-state index in [1.54, 1.807) is 0 Å². The second-order valence-corrected chi connectivity index (χ2v) is 7.16. The summed E-state index contributed by atoms with van der Waals surface area (Å²) in [6.45, 7) is 0. The molecule has 0 radical (unpaired) electrons. The van der Waals surface area contributed by atoms with Crippen molar-refractivity contribution in [3.05, 3.63) is 24.4 Å². The molecular weight excluding hydrogens is 264 g/mol. The Morgan fingerprint density at radius 3 is 2.12 bits per heavy atom. The summed E-state index contributed by atoms with van der Waals surface area (Å²) in [4.78, 5) is 3.20. The highest BCUT2D eigenvalue weighted by atomic mass is 32.3. The molecule has 5 nitrogen and oxygen atoms in total. The molecule has 1 heterocycles. The van der Waals surface area contributed by atoms with Crippen LogP contribution in [0.5, 0.6) is 0 Å². The van der Waals surface area contributed by atoms with Gasteiger partial charge >= 0.3 is 4.59 Å². The van der Waals surface area contributed by atoms with E-state index in [0.29, 0.717) is 0 Å². The lowest BCUT2D eigenvalue weighted by molar-refractivity contribution is 0.181. The number of pyridine rings is 1. The number of halogens is 2. The maximum Gasteiger partial charge on any atom is 0.450 e. The minimum Gasteiger partial charge on any atom is -0.244 e. The van der Waals surface area contributed by atoms with Crippen LogP contribution in [0.2, 0.25) is 0 Å². The van der Waals surface area contributed by atoms with Crippen molar-refractivity contribution < 1.29 is 25.6 Å². The first-order valence-corrected chi connectivity index (χ1v) is 7.21. The molecule has 0 aliphatic carbocycles. The zero-order chi connectivity index (χ0) is 12.6. The van der Waals surface area contributed by atoms with Crippen molar-refractivity contribution in [3.8, 4) is 0 Å². The Balaban J connectivity index is 3.47. The van der Waals surface area contributed by atoms with Gasteiger partial charge < -0.3 is 0 Å². The molecule has 0 spiro atoms. The molecule has 0 aliphatic heterocycles. The average molecular weight is 271 g/mol. The van der Waals surface area contributed by atoms with Gasteiger partial charge in [0.1, 0.15) is 0 Å². The van der Waals surface area contributed by atoms with Gasteiger partial charge in [-0.2, -0.15) is 8.78 Å². The Hall–Kier alpha value is -1.09. The van der Waals surface area contributed by atoms with Gasteiger partial charge in [-0.3, -0.25) is 0 Å². The van der Waals surface area contributed by atoms with Crippen molar-refractivity contribution in [2.45, 2.75) is 9.61 Å². The van der Waals surface area contributed by atoms with Gasteiger partial charge in [-0.25, -0.2) is 21.8 Å². The maximum absolute atomic E-state index is 13.2. The van der Waals surface area contributed by atoms with Gasteiger partial charge in [0.15, 0.2) is 5.03 Å². The van der Waals surface area contributed by atoms with Crippen molar-refractivity contribution in [1.29, 1.82) is 0 Å². The molecule has 90 valence electrons. The van der Waals surface area contributed by atoms with Gasteiger partial charge in [0, 0.05) is 12.5 Å². The molecule has 9 heteroatoms. The number of alkyl halides is 2. The normalized spacial score (nSPS) is 13.7. The highest BCUT2D eigenvalue weighted by molar-refractivity contribution is 8.09. The van der Waals surface area contributed by atoms with E-state index in [1.165, 1.54) is 6.07 Å². The molecule has 1 aromatic heterocycles. The fraction of sp³-hybridized carbons (Fsp3) is 0.286. The quantitative estimate of drug-likeness (QED) is 0.797. The summed E-state index contributed by atoms with van der Waals surface area (Å²) in [7, 11) is -10.4. The first-order valence-electron chi connectivity index (χ1n) is 3.84. The Morgan fingerprint density at radius 2 is 1.75 bits per heavy atom. The predicted molar refractivity (Wildman–Crippen MR) is 51.2 cm³/mol. The van der Waals surface area contributed by atoms with E-state index >= 15 is 0 Å². The van der Waals surface area contributed by atoms with E-state index in [-0.39, 0.29) is 6.26 Å². The summed E-state index contributed by atoms with van der Waals surface area (Å²) in [5.41, 5.74) is 0. The molecule has 0 saturated heterocycles. The SMILES string of the molecule is CS(=O)(=O)C(F)(F)S(=O)(=O)c1ccccn1. The van der Waals surface area contributed by atoms with Crippen LogP contribution in [-0.2, 0) is 19.7 Å². The second kappa shape index (κ2) is 3.74. The molecule has 0 amide bonds. The first-order chi connectivity index (χ1) is 7.11. The highest BCUT2D eigenvalue weighted by Gasteiger charge is 2.56. The molecule has 16 heavy (non-hydrogen) atoms. The van der Waals surface area contributed by atoms with Crippen LogP contribution in [0.25, 0.3) is 0 Å². The largest absolute Gasteiger partial charge is 0.450 e. The van der Waals surface area contributed by atoms with Gasteiger partial charge in [-0.05, 0) is 12.1 Å². The van der Waals surface area contributed by atoms with Crippen molar-refractivity contribution in [2.24, 2.45) is 0 Å². The van der Waals surface area contributed by atoms with Crippen LogP contribution in [0.15, 0.2) is 29.4 Å². The fourth-order valence-electron chi connectivity index (χ4n) is 0.827. The van der Waals surface area contributed by atoms with E-state index in [2.05, 4.69) is 4.98 Å². The van der Waals surface area contributed by atoms with Gasteiger partial charge in [-0.1, -0.05) is 6.07 Å². The standard InChI is InChI=1S/C7H7F2NO4S2/c1-15(11,12)7(8,9)16(13,14)6-4-2-3-5-10-6/h2-5H,1H3. The fourth-order valence-corrected chi connectivity index (χ4v) is 3.38. The second-order valence-electron chi connectivity index (χ2n) is 2.91. The summed E-state index contributed by atoms with van der Waals surface area (Å²) in [5.74, 6) is 0. The molecule has 0 N–H and O–H groups in total. The number of rotatable bonds is 3. The van der Waals surface area contributed by atoms with Gasteiger partial charge in [0.05, 0.1) is 0 Å². The van der Waals surface area contributed by atoms with Gasteiger partial charge in [-0.15, -0.1) is 0 Å². The minimum absolute atomic E-state index is 0.146. The summed E-state index contributed by atoms with van der Waals surface area (Å²) in [6, 6.07) is 3.28. The van der Waals surface area contributed by atoms with Crippen molar-refractivity contribution >= 4 is 19.7 Å². The maximum atomic E-state index is 13.2. The molecule has 0 aliphatic rings. The number of hydrogen-bond acceptors (Lipinski definition) is 5. The van der Waals surface area contributed by atoms with E-state index < -0.39 is 29.3 Å². The van der Waals surface area contributed by atoms with E-state index in [4.69, 9.17) is 0 Å². The van der Waals surface area contributed by atoms with Crippen molar-refractivity contribution in [1.82, 2.24) is 4.98 Å². The van der Waals surface area contributed by atoms with Crippen LogP contribution in [-0.4, -0.2) is 32.7 Å². The van der Waals surface area contributed by atoms with Crippen molar-refractivity contribution in [2.75, 3.05) is 6.26 Å². The lowest BCUT2D eigenvalue weighted by Crippen LogP contribution is -2.37. The monoisotopic (exact) mass is 271 g/mol. The first kappa shape index (κ1) is 13.0. The highest BCUT2D eigenvalue weighted by Crippen LogP contribution is 2.32. The Kier molecular flexibility index (Phi) is 3.03. The molecule has 1 rings (SSSR count). The zero-order valence-electron chi connectivity index (χ0n) is 7.96. The van der Waals surface area contributed by atoms with E-state index in [0.717, 1.165) is 18.3 Å². The van der Waals surface area contributed by atoms with E-state index in [1.807, 2.05) is 0 Å². The topological polar surface area (TPSA) is 81.2 Å². The van der Waals surface area contributed by atoms with Crippen LogP contribution < -0.4 is 0 Å². The number of hydrogen-bond donors (Lipinski definition) is 0. The van der Waals surface area contributed by atoms with Crippen molar-refractivity contribution in [3.63, 3.8) is 0 Å². The molecule has 0 saturated carbocycles. The zero-order valence-corrected chi connectivity index (χ0v) is 9.60. The number of aromatic nitrogens is 1. The Bertz CT molecular complexity index is 580. The summed E-state index contributed by atoms with van der Waals surface area (Å²) >= 11 is 0. The third kappa shape index (κ3) is 1.92. The van der Waals surface area contributed by atoms with Gasteiger partial charge in [0.2, 0.25) is 9.84 Å². The molecule has 0 atom stereocenters. The van der Waals surface area contributed by atoms with Crippen LogP contribution in [0, 0.1) is 0 Å². The molecule has 0 fully saturated rings. The third-order valence-electron chi connectivity index (χ3n) is 1.66. The van der Waals surface area contributed by atoms with Crippen LogP contribution in [0.1, 0.15) is 0 Å². The smallest absolute Gasteiger partial charge is 0.244 e. The lowest BCUT2D eigenvalue weighted by atomic mass is 10.5. The molecule has 1 aromatic rings. The summed E-state index contributed by atoms with van der Waals surface area (Å²) in [5, 5.41) is -0.981. The predicted octanol–water partition coefficient (Wildman–Crippen LogP) is 0.450.